The number of rotatable bonds is 7. The number of hydrogen-bond acceptors (Lipinski definition) is 6. The third-order valence-corrected chi connectivity index (χ3v) is 6.97. The van der Waals surface area contributed by atoms with Crippen LogP contribution in [0.4, 0.5) is 24.7 Å². The summed E-state index contributed by atoms with van der Waals surface area (Å²) < 4.78 is 45.2. The van der Waals surface area contributed by atoms with Gasteiger partial charge in [0.15, 0.2) is 0 Å². The van der Waals surface area contributed by atoms with Crippen molar-refractivity contribution in [2.45, 2.75) is 26.6 Å². The minimum Gasteiger partial charge on any atom is -0.497 e. The summed E-state index contributed by atoms with van der Waals surface area (Å²) in [4.78, 5) is 28.0. The van der Waals surface area contributed by atoms with Crippen LogP contribution in [0.3, 0.4) is 0 Å². The zero-order chi connectivity index (χ0) is 30.0. The Hall–Kier alpha value is -4.99. The van der Waals surface area contributed by atoms with Crippen LogP contribution in [-0.4, -0.2) is 35.0 Å². The van der Waals surface area contributed by atoms with Crippen molar-refractivity contribution in [3.63, 3.8) is 0 Å². The number of alkyl halides is 3. The van der Waals surface area contributed by atoms with Crippen LogP contribution in [0.5, 0.6) is 5.75 Å². The summed E-state index contributed by atoms with van der Waals surface area (Å²) in [7, 11) is 3.60. The molecule has 0 unspecified atom stereocenters. The van der Waals surface area contributed by atoms with E-state index in [9.17, 15) is 18.0 Å². The fraction of sp³-hybridized carbons (Fsp3) is 0.188. The number of carbonyl (C=O) groups is 1. The molecule has 3 heterocycles. The van der Waals surface area contributed by atoms with Crippen LogP contribution in [0.1, 0.15) is 32.7 Å². The van der Waals surface area contributed by atoms with Crippen LogP contribution in [-0.2, 0) is 12.7 Å². The van der Waals surface area contributed by atoms with E-state index in [1.807, 2.05) is 61.3 Å². The standard InChI is InChI=1S/C32H28F3N5O2/c1-19-5-8-24(39-31(41)29-13-27(32(33,34)35)20(2)15-36-29)12-26(19)22-11-23-17-38-30(14-28(23)37-16-22)40(3)18-21-6-9-25(42-4)10-7-21/h5-17H,18H2,1-4H3,(H,39,41). The van der Waals surface area contributed by atoms with Crippen LogP contribution < -0.4 is 15.0 Å². The van der Waals surface area contributed by atoms with Crippen molar-refractivity contribution in [2.24, 2.45) is 0 Å². The van der Waals surface area contributed by atoms with Gasteiger partial charge in [-0.05, 0) is 72.5 Å². The van der Waals surface area contributed by atoms with E-state index in [1.54, 1.807) is 31.6 Å². The molecule has 0 saturated carbocycles. The van der Waals surface area contributed by atoms with E-state index < -0.39 is 17.6 Å². The SMILES string of the molecule is COc1ccc(CN(C)c2cc3ncc(-c4cc(NC(=O)c5cc(C(F)(F)F)c(C)cn5)ccc4C)cc3cn2)cc1. The molecule has 0 aliphatic rings. The molecule has 0 aliphatic heterocycles. The van der Waals surface area contributed by atoms with E-state index in [2.05, 4.69) is 20.3 Å². The molecule has 7 nitrogen and oxygen atoms in total. The Balaban J connectivity index is 1.36. The Morgan fingerprint density at radius 1 is 0.905 bits per heavy atom. The lowest BCUT2D eigenvalue weighted by molar-refractivity contribution is -0.138. The van der Waals surface area contributed by atoms with Gasteiger partial charge >= 0.3 is 6.18 Å². The van der Waals surface area contributed by atoms with Crippen LogP contribution in [0.25, 0.3) is 22.0 Å². The van der Waals surface area contributed by atoms with Gasteiger partial charge in [0.05, 0.1) is 18.2 Å². The molecule has 5 rings (SSSR count). The van der Waals surface area contributed by atoms with Gasteiger partial charge in [-0.2, -0.15) is 13.2 Å². The second kappa shape index (κ2) is 11.5. The summed E-state index contributed by atoms with van der Waals surface area (Å²) in [5, 5.41) is 3.50. The number of nitrogens with one attached hydrogen (secondary N) is 1. The number of ether oxygens (including phenoxy) is 1. The Morgan fingerprint density at radius 2 is 1.67 bits per heavy atom. The smallest absolute Gasteiger partial charge is 0.416 e. The molecule has 0 fully saturated rings. The van der Waals surface area contributed by atoms with Gasteiger partial charge in [0.2, 0.25) is 0 Å². The molecule has 42 heavy (non-hydrogen) atoms. The first-order valence-electron chi connectivity index (χ1n) is 13.1. The second-order valence-corrected chi connectivity index (χ2v) is 10.0. The molecule has 1 N–H and O–H groups in total. The quantitative estimate of drug-likeness (QED) is 0.222. The number of aryl methyl sites for hydroxylation is 2. The number of benzene rings is 2. The minimum atomic E-state index is -4.58. The number of nitrogens with zero attached hydrogens (tertiary/aromatic N) is 4. The summed E-state index contributed by atoms with van der Waals surface area (Å²) >= 11 is 0. The van der Waals surface area contributed by atoms with E-state index in [1.165, 1.54) is 6.92 Å². The highest BCUT2D eigenvalue weighted by molar-refractivity contribution is 6.03. The number of aromatic nitrogens is 3. The van der Waals surface area contributed by atoms with Crippen molar-refractivity contribution in [3.8, 4) is 16.9 Å². The van der Waals surface area contributed by atoms with E-state index >= 15 is 0 Å². The van der Waals surface area contributed by atoms with E-state index in [0.29, 0.717) is 12.2 Å². The predicted molar refractivity (Wildman–Crippen MR) is 157 cm³/mol. The highest BCUT2D eigenvalue weighted by Gasteiger charge is 2.33. The molecule has 10 heteroatoms. The maximum Gasteiger partial charge on any atom is 0.416 e. The Morgan fingerprint density at radius 3 is 2.38 bits per heavy atom. The van der Waals surface area contributed by atoms with Gasteiger partial charge in [-0.15, -0.1) is 0 Å². The molecule has 5 aromatic rings. The van der Waals surface area contributed by atoms with Crippen LogP contribution in [0, 0.1) is 13.8 Å². The zero-order valence-electron chi connectivity index (χ0n) is 23.5. The van der Waals surface area contributed by atoms with Gasteiger partial charge in [0.1, 0.15) is 17.3 Å². The molecule has 1 amide bonds. The zero-order valence-corrected chi connectivity index (χ0v) is 23.5. The maximum absolute atomic E-state index is 13.3. The average Bonchev–Trinajstić information content (AvgIpc) is 2.97. The molecule has 0 saturated heterocycles. The van der Waals surface area contributed by atoms with Crippen LogP contribution in [0.15, 0.2) is 79.3 Å². The first kappa shape index (κ1) is 28.5. The second-order valence-electron chi connectivity index (χ2n) is 10.0. The molecule has 0 bridgehead atoms. The van der Waals surface area contributed by atoms with Crippen molar-refractivity contribution >= 4 is 28.3 Å². The summed E-state index contributed by atoms with van der Waals surface area (Å²) in [6, 6.07) is 17.8. The van der Waals surface area contributed by atoms with E-state index in [0.717, 1.165) is 57.0 Å². The molecule has 214 valence electrons. The highest BCUT2D eigenvalue weighted by atomic mass is 19.4. The number of carbonyl (C=O) groups excluding carboxylic acids is 1. The van der Waals surface area contributed by atoms with Crippen molar-refractivity contribution in [1.82, 2.24) is 15.0 Å². The predicted octanol–water partition coefficient (Wildman–Crippen LogP) is 7.22. The number of methoxy groups -OCH3 is 1. The number of pyridine rings is 3. The highest BCUT2D eigenvalue weighted by Crippen LogP contribution is 2.32. The van der Waals surface area contributed by atoms with Gasteiger partial charge in [-0.1, -0.05) is 18.2 Å². The summed E-state index contributed by atoms with van der Waals surface area (Å²) in [5.74, 6) is 0.844. The molecule has 2 aromatic carbocycles. The topological polar surface area (TPSA) is 80.2 Å². The summed E-state index contributed by atoms with van der Waals surface area (Å²) in [6.07, 6.45) is -0.00626. The van der Waals surface area contributed by atoms with E-state index in [4.69, 9.17) is 4.74 Å². The van der Waals surface area contributed by atoms with Crippen molar-refractivity contribution in [3.05, 3.63) is 107 Å². The third-order valence-electron chi connectivity index (χ3n) is 6.97. The lowest BCUT2D eigenvalue weighted by atomic mass is 10.00. The molecule has 0 aliphatic carbocycles. The number of amides is 1. The van der Waals surface area contributed by atoms with Gasteiger partial charge < -0.3 is 15.0 Å². The van der Waals surface area contributed by atoms with Crippen molar-refractivity contribution in [1.29, 1.82) is 0 Å². The number of hydrogen-bond donors (Lipinski definition) is 1. The monoisotopic (exact) mass is 571 g/mol. The van der Waals surface area contributed by atoms with Crippen molar-refractivity contribution in [2.75, 3.05) is 24.4 Å². The molecular weight excluding hydrogens is 543 g/mol. The number of fused-ring (bicyclic) bond motifs is 1. The van der Waals surface area contributed by atoms with Gasteiger partial charge in [0, 0.05) is 54.9 Å². The largest absolute Gasteiger partial charge is 0.497 e. The first-order valence-corrected chi connectivity index (χ1v) is 13.1. The molecule has 0 spiro atoms. The van der Waals surface area contributed by atoms with Crippen LogP contribution >= 0.6 is 0 Å². The van der Waals surface area contributed by atoms with Gasteiger partial charge in [-0.3, -0.25) is 14.8 Å². The van der Waals surface area contributed by atoms with Gasteiger partial charge in [-0.25, -0.2) is 4.98 Å². The maximum atomic E-state index is 13.3. The first-order chi connectivity index (χ1) is 20.0. The Labute approximate surface area is 241 Å². The van der Waals surface area contributed by atoms with E-state index in [-0.39, 0.29) is 11.3 Å². The van der Waals surface area contributed by atoms with Crippen LogP contribution in [0.2, 0.25) is 0 Å². The fourth-order valence-corrected chi connectivity index (χ4v) is 4.61. The fourth-order valence-electron chi connectivity index (χ4n) is 4.61. The normalized spacial score (nSPS) is 11.4. The lowest BCUT2D eigenvalue weighted by Gasteiger charge is -2.19. The third kappa shape index (κ3) is 6.17. The van der Waals surface area contributed by atoms with Crippen molar-refractivity contribution < 1.29 is 22.7 Å². The number of halogens is 3. The Kier molecular flexibility index (Phi) is 7.80. The molecule has 0 atom stereocenters. The minimum absolute atomic E-state index is 0.0500. The summed E-state index contributed by atoms with van der Waals surface area (Å²) in [6.45, 7) is 3.89. The number of anilines is 2. The molecule has 0 radical (unpaired) electrons. The summed E-state index contributed by atoms with van der Waals surface area (Å²) in [5.41, 5.74) is 3.62. The van der Waals surface area contributed by atoms with Gasteiger partial charge in [0.25, 0.3) is 5.91 Å². The average molecular weight is 572 g/mol. The molecular formula is C32H28F3N5O2. The Bertz CT molecular complexity index is 1770. The molecule has 3 aromatic heterocycles. The lowest BCUT2D eigenvalue weighted by Crippen LogP contribution is -2.17.